The van der Waals surface area contributed by atoms with Gasteiger partial charge in [0.1, 0.15) is 0 Å². The van der Waals surface area contributed by atoms with E-state index in [1.165, 1.54) is 64.2 Å². The molecule has 0 N–H and O–H groups in total. The number of hydrogen-bond acceptors (Lipinski definition) is 1. The lowest BCUT2D eigenvalue weighted by atomic mass is 9.88. The zero-order valence-electron chi connectivity index (χ0n) is 14.0. The van der Waals surface area contributed by atoms with E-state index in [0.717, 1.165) is 17.7 Å². The van der Waals surface area contributed by atoms with E-state index >= 15 is 0 Å². The standard InChI is InChI=1S/C18H35NSi/c1-5-20(3,4)16(2)19(17-12-8-6-9-13-17)18-14-10-7-11-15-18/h5,16-18H,1,6-15H2,2-4H3. The van der Waals surface area contributed by atoms with Gasteiger partial charge in [0.2, 0.25) is 0 Å². The van der Waals surface area contributed by atoms with E-state index < -0.39 is 8.07 Å². The van der Waals surface area contributed by atoms with Crippen LogP contribution in [0.1, 0.15) is 71.1 Å². The Kier molecular flexibility index (Phi) is 5.92. The van der Waals surface area contributed by atoms with Crippen molar-refractivity contribution < 1.29 is 0 Å². The minimum absolute atomic E-state index is 0.756. The summed E-state index contributed by atoms with van der Waals surface area (Å²) < 4.78 is 0. The van der Waals surface area contributed by atoms with Gasteiger partial charge in [0, 0.05) is 17.7 Å². The average Bonchev–Trinajstić information content (AvgIpc) is 2.49. The van der Waals surface area contributed by atoms with E-state index in [1.54, 1.807) is 0 Å². The van der Waals surface area contributed by atoms with Crippen LogP contribution in [0.2, 0.25) is 13.1 Å². The highest BCUT2D eigenvalue weighted by Gasteiger charge is 2.38. The first-order valence-electron chi connectivity index (χ1n) is 8.97. The molecule has 1 atom stereocenters. The molecule has 0 aromatic heterocycles. The maximum absolute atomic E-state index is 4.16. The Hall–Kier alpha value is -0.0831. The van der Waals surface area contributed by atoms with Crippen LogP contribution in [0.4, 0.5) is 0 Å². The van der Waals surface area contributed by atoms with Crippen LogP contribution in [-0.2, 0) is 0 Å². The van der Waals surface area contributed by atoms with E-state index in [-0.39, 0.29) is 0 Å². The van der Waals surface area contributed by atoms with E-state index in [1.807, 2.05) is 0 Å². The van der Waals surface area contributed by atoms with Crippen molar-refractivity contribution in [1.82, 2.24) is 4.90 Å². The maximum Gasteiger partial charge on any atom is 0.0890 e. The lowest BCUT2D eigenvalue weighted by Gasteiger charge is -2.49. The highest BCUT2D eigenvalue weighted by atomic mass is 28.3. The van der Waals surface area contributed by atoms with Crippen LogP contribution >= 0.6 is 0 Å². The molecule has 1 nitrogen and oxygen atoms in total. The average molecular weight is 294 g/mol. The Morgan fingerprint density at radius 3 is 1.65 bits per heavy atom. The van der Waals surface area contributed by atoms with E-state index in [9.17, 15) is 0 Å². The lowest BCUT2D eigenvalue weighted by molar-refractivity contribution is 0.0689. The van der Waals surface area contributed by atoms with Crippen molar-refractivity contribution in [2.24, 2.45) is 0 Å². The fourth-order valence-corrected chi connectivity index (χ4v) is 5.77. The van der Waals surface area contributed by atoms with Crippen molar-refractivity contribution >= 4 is 8.07 Å². The molecule has 2 fully saturated rings. The second kappa shape index (κ2) is 7.26. The summed E-state index contributed by atoms with van der Waals surface area (Å²) in [6.45, 7) is 11.7. The van der Waals surface area contributed by atoms with Crippen molar-refractivity contribution in [2.45, 2.75) is 102 Å². The van der Waals surface area contributed by atoms with E-state index in [4.69, 9.17) is 0 Å². The van der Waals surface area contributed by atoms with Crippen molar-refractivity contribution in [3.8, 4) is 0 Å². The molecule has 2 heteroatoms. The molecule has 0 bridgehead atoms. The first-order chi connectivity index (χ1) is 9.56. The third kappa shape index (κ3) is 3.76. The first-order valence-corrected chi connectivity index (χ1v) is 12.1. The molecule has 20 heavy (non-hydrogen) atoms. The number of nitrogens with zero attached hydrogens (tertiary/aromatic N) is 1. The Bertz CT molecular complexity index is 283. The van der Waals surface area contributed by atoms with Gasteiger partial charge in [-0.3, -0.25) is 4.90 Å². The highest BCUT2D eigenvalue weighted by molar-refractivity contribution is 6.83. The lowest BCUT2D eigenvalue weighted by Crippen LogP contribution is -2.58. The molecule has 1 unspecified atom stereocenters. The van der Waals surface area contributed by atoms with Gasteiger partial charge in [-0.05, 0) is 25.7 Å². The van der Waals surface area contributed by atoms with Crippen molar-refractivity contribution in [3.05, 3.63) is 12.3 Å². The van der Waals surface area contributed by atoms with Gasteiger partial charge in [0.15, 0.2) is 0 Å². The van der Waals surface area contributed by atoms with Crippen LogP contribution in [0.15, 0.2) is 12.3 Å². The topological polar surface area (TPSA) is 3.24 Å². The van der Waals surface area contributed by atoms with Gasteiger partial charge >= 0.3 is 0 Å². The van der Waals surface area contributed by atoms with Gasteiger partial charge in [-0.15, -0.1) is 12.3 Å². The van der Waals surface area contributed by atoms with Gasteiger partial charge in [-0.2, -0.15) is 0 Å². The minimum Gasteiger partial charge on any atom is -0.297 e. The predicted molar refractivity (Wildman–Crippen MR) is 92.7 cm³/mol. The fraction of sp³-hybridized carbons (Fsp3) is 0.889. The molecule has 2 rings (SSSR count). The summed E-state index contributed by atoms with van der Waals surface area (Å²) in [7, 11) is -1.32. The summed E-state index contributed by atoms with van der Waals surface area (Å²) in [4.78, 5) is 2.99. The first kappa shape index (κ1) is 16.3. The largest absolute Gasteiger partial charge is 0.297 e. The van der Waals surface area contributed by atoms with Crippen LogP contribution in [-0.4, -0.2) is 30.7 Å². The third-order valence-corrected chi connectivity index (χ3v) is 9.55. The summed E-state index contributed by atoms with van der Waals surface area (Å²) in [5.74, 6) is 0. The van der Waals surface area contributed by atoms with Gasteiger partial charge in [-0.1, -0.05) is 58.5 Å². The Balaban J connectivity index is 2.15. The smallest absolute Gasteiger partial charge is 0.0890 e. The van der Waals surface area contributed by atoms with E-state index in [0.29, 0.717) is 0 Å². The molecular weight excluding hydrogens is 258 g/mol. The molecule has 2 saturated carbocycles. The van der Waals surface area contributed by atoms with Crippen LogP contribution < -0.4 is 0 Å². The fourth-order valence-electron chi connectivity index (χ4n) is 4.24. The quantitative estimate of drug-likeness (QED) is 0.620. The molecule has 116 valence electrons. The van der Waals surface area contributed by atoms with Crippen molar-refractivity contribution in [3.63, 3.8) is 0 Å². The van der Waals surface area contributed by atoms with Crippen LogP contribution in [0.5, 0.6) is 0 Å². The molecule has 2 aliphatic carbocycles. The SMILES string of the molecule is C=C[Si](C)(C)C(C)N(C1CCCCC1)C1CCCCC1. The van der Waals surface area contributed by atoms with Gasteiger partial charge < -0.3 is 0 Å². The Morgan fingerprint density at radius 1 is 0.900 bits per heavy atom. The molecule has 0 aliphatic heterocycles. The van der Waals surface area contributed by atoms with Crippen LogP contribution in [0.3, 0.4) is 0 Å². The Morgan fingerprint density at radius 2 is 1.30 bits per heavy atom. The summed E-state index contributed by atoms with van der Waals surface area (Å²) in [5, 5.41) is 0. The molecule has 0 spiro atoms. The van der Waals surface area contributed by atoms with Crippen molar-refractivity contribution in [1.29, 1.82) is 0 Å². The summed E-state index contributed by atoms with van der Waals surface area (Å²) >= 11 is 0. The minimum atomic E-state index is -1.32. The van der Waals surface area contributed by atoms with Crippen LogP contribution in [0.25, 0.3) is 0 Å². The third-order valence-electron chi connectivity index (χ3n) is 6.04. The number of hydrogen-bond donors (Lipinski definition) is 0. The molecule has 0 aromatic rings. The monoisotopic (exact) mass is 293 g/mol. The molecular formula is C18H35NSi. The molecule has 0 aromatic carbocycles. The molecule has 0 saturated heterocycles. The van der Waals surface area contributed by atoms with Gasteiger partial charge in [-0.25, -0.2) is 0 Å². The molecule has 0 radical (unpaired) electrons. The summed E-state index contributed by atoms with van der Waals surface area (Å²) in [6.07, 6.45) is 14.5. The zero-order valence-corrected chi connectivity index (χ0v) is 15.0. The Labute approximate surface area is 127 Å². The predicted octanol–water partition coefficient (Wildman–Crippen LogP) is 5.32. The second-order valence-corrected chi connectivity index (χ2v) is 12.6. The number of rotatable bonds is 5. The van der Waals surface area contributed by atoms with E-state index in [2.05, 4.69) is 37.2 Å². The summed E-state index contributed by atoms with van der Waals surface area (Å²) in [5.41, 5.74) is 3.07. The maximum atomic E-state index is 4.16. The van der Waals surface area contributed by atoms with Crippen molar-refractivity contribution in [2.75, 3.05) is 0 Å². The molecule has 0 amide bonds. The second-order valence-electron chi connectivity index (χ2n) is 7.73. The van der Waals surface area contributed by atoms with Gasteiger partial charge in [0.25, 0.3) is 0 Å². The molecule has 0 heterocycles. The highest BCUT2D eigenvalue weighted by Crippen LogP contribution is 2.34. The van der Waals surface area contributed by atoms with Gasteiger partial charge in [0.05, 0.1) is 8.07 Å². The normalized spacial score (nSPS) is 24.8. The molecule has 2 aliphatic rings. The van der Waals surface area contributed by atoms with Crippen LogP contribution in [0, 0.1) is 0 Å². The summed E-state index contributed by atoms with van der Waals surface area (Å²) in [6, 6.07) is 1.74. The zero-order chi connectivity index (χ0) is 14.6.